The maximum absolute atomic E-state index is 12.5. The summed E-state index contributed by atoms with van der Waals surface area (Å²) in [7, 11) is -0.797. The van der Waals surface area contributed by atoms with Crippen molar-refractivity contribution in [2.24, 2.45) is 0 Å². The van der Waals surface area contributed by atoms with Crippen LogP contribution in [0.15, 0.2) is 45.8 Å². The number of amides is 1. The normalized spacial score (nSPS) is 11.6. The Morgan fingerprint density at radius 3 is 2.42 bits per heavy atom. The molecule has 0 atom stereocenters. The summed E-state index contributed by atoms with van der Waals surface area (Å²) in [6, 6.07) is 9.41. The quantitative estimate of drug-likeness (QED) is 0.798. The van der Waals surface area contributed by atoms with Gasteiger partial charge in [0.05, 0.1) is 15.5 Å². The third-order valence-electron chi connectivity index (χ3n) is 3.38. The van der Waals surface area contributed by atoms with Crippen molar-refractivity contribution in [1.82, 2.24) is 4.31 Å². The molecule has 0 aliphatic heterocycles. The molecular weight excluding hydrogens is 416 g/mol. The highest BCUT2D eigenvalue weighted by molar-refractivity contribution is 9.10. The van der Waals surface area contributed by atoms with Gasteiger partial charge in [0, 0.05) is 24.3 Å². The summed E-state index contributed by atoms with van der Waals surface area (Å²) in [5, 5.41) is 2.90. The zero-order valence-electron chi connectivity index (χ0n) is 13.3. The van der Waals surface area contributed by atoms with Crippen LogP contribution in [0.25, 0.3) is 0 Å². The molecule has 1 N–H and O–H groups in total. The molecule has 128 valence electrons. The predicted octanol–water partition coefficient (Wildman–Crippen LogP) is 3.91. The maximum atomic E-state index is 12.5. The number of rotatable bonds is 4. The molecule has 2 rings (SSSR count). The van der Waals surface area contributed by atoms with Gasteiger partial charge in [0.1, 0.15) is 0 Å². The molecule has 2 aromatic rings. The van der Waals surface area contributed by atoms with Crippen LogP contribution in [0.1, 0.15) is 15.9 Å². The molecule has 1 amide bonds. The Bertz CT molecular complexity index is 898. The van der Waals surface area contributed by atoms with Crippen LogP contribution >= 0.6 is 27.5 Å². The predicted molar refractivity (Wildman–Crippen MR) is 99.2 cm³/mol. The summed E-state index contributed by atoms with van der Waals surface area (Å²) in [5.74, 6) is -0.475. The number of aryl methyl sites for hydroxylation is 1. The Morgan fingerprint density at radius 2 is 1.83 bits per heavy atom. The first-order chi connectivity index (χ1) is 11.1. The SMILES string of the molecule is Cc1cc(NC(=O)c2cc(S(=O)(=O)N(C)C)ccc2Cl)ccc1Br. The molecule has 0 bridgehead atoms. The zero-order chi connectivity index (χ0) is 18.1. The molecular formula is C16H16BrClN2O3S. The number of halogens is 2. The first-order valence-corrected chi connectivity index (χ1v) is 9.53. The Hall–Kier alpha value is -1.41. The van der Waals surface area contributed by atoms with Crippen molar-refractivity contribution in [2.45, 2.75) is 11.8 Å². The third kappa shape index (κ3) is 3.97. The highest BCUT2D eigenvalue weighted by Gasteiger charge is 2.21. The lowest BCUT2D eigenvalue weighted by atomic mass is 10.2. The van der Waals surface area contributed by atoms with Gasteiger partial charge in [0.15, 0.2) is 0 Å². The van der Waals surface area contributed by atoms with Gasteiger partial charge >= 0.3 is 0 Å². The Kier molecular flexibility index (Phi) is 5.70. The smallest absolute Gasteiger partial charge is 0.257 e. The lowest BCUT2D eigenvalue weighted by Crippen LogP contribution is -2.23. The third-order valence-corrected chi connectivity index (χ3v) is 6.41. The number of hydrogen-bond donors (Lipinski definition) is 1. The van der Waals surface area contributed by atoms with Crippen LogP contribution in [0.3, 0.4) is 0 Å². The maximum Gasteiger partial charge on any atom is 0.257 e. The fourth-order valence-corrected chi connectivity index (χ4v) is 3.35. The van der Waals surface area contributed by atoms with Gasteiger partial charge in [-0.05, 0) is 48.9 Å². The van der Waals surface area contributed by atoms with Crippen molar-refractivity contribution < 1.29 is 13.2 Å². The lowest BCUT2D eigenvalue weighted by molar-refractivity contribution is 0.102. The molecule has 0 radical (unpaired) electrons. The van der Waals surface area contributed by atoms with Crippen LogP contribution in [0.4, 0.5) is 5.69 Å². The molecule has 0 aromatic heterocycles. The Balaban J connectivity index is 2.37. The standard InChI is InChI=1S/C16H16BrClN2O3S/c1-10-8-11(4-6-14(10)17)19-16(21)13-9-12(5-7-15(13)18)24(22,23)20(2)3/h4-9H,1-3H3,(H,19,21). The van der Waals surface area contributed by atoms with E-state index in [1.165, 1.54) is 32.3 Å². The molecule has 2 aromatic carbocycles. The van der Waals surface area contributed by atoms with Crippen LogP contribution in [0.2, 0.25) is 5.02 Å². The van der Waals surface area contributed by atoms with E-state index in [0.29, 0.717) is 5.69 Å². The molecule has 0 spiro atoms. The highest BCUT2D eigenvalue weighted by atomic mass is 79.9. The fourth-order valence-electron chi connectivity index (χ4n) is 1.97. The lowest BCUT2D eigenvalue weighted by Gasteiger charge is -2.13. The fraction of sp³-hybridized carbons (Fsp3) is 0.188. The topological polar surface area (TPSA) is 66.5 Å². The summed E-state index contributed by atoms with van der Waals surface area (Å²) in [4.78, 5) is 12.5. The second-order valence-electron chi connectivity index (χ2n) is 5.35. The molecule has 5 nitrogen and oxygen atoms in total. The minimum atomic E-state index is -3.65. The number of anilines is 1. The molecule has 24 heavy (non-hydrogen) atoms. The van der Waals surface area contributed by atoms with Gasteiger partial charge in [0.2, 0.25) is 10.0 Å². The molecule has 0 unspecified atom stereocenters. The van der Waals surface area contributed by atoms with E-state index < -0.39 is 15.9 Å². The van der Waals surface area contributed by atoms with E-state index in [4.69, 9.17) is 11.6 Å². The van der Waals surface area contributed by atoms with E-state index in [1.807, 2.05) is 13.0 Å². The average Bonchev–Trinajstić information content (AvgIpc) is 2.51. The van der Waals surface area contributed by atoms with Crippen molar-refractivity contribution in [3.63, 3.8) is 0 Å². The van der Waals surface area contributed by atoms with E-state index in [2.05, 4.69) is 21.2 Å². The van der Waals surface area contributed by atoms with Gasteiger partial charge in [-0.15, -0.1) is 0 Å². The van der Waals surface area contributed by atoms with E-state index >= 15 is 0 Å². The van der Waals surface area contributed by atoms with Crippen LogP contribution in [0.5, 0.6) is 0 Å². The number of hydrogen-bond acceptors (Lipinski definition) is 3. The number of carbonyl (C=O) groups is 1. The monoisotopic (exact) mass is 430 g/mol. The van der Waals surface area contributed by atoms with Gasteiger partial charge in [-0.25, -0.2) is 12.7 Å². The minimum Gasteiger partial charge on any atom is -0.322 e. The number of benzene rings is 2. The summed E-state index contributed by atoms with van der Waals surface area (Å²) in [6.07, 6.45) is 0. The number of sulfonamides is 1. The summed E-state index contributed by atoms with van der Waals surface area (Å²) in [6.45, 7) is 1.90. The second kappa shape index (κ2) is 7.23. The largest absolute Gasteiger partial charge is 0.322 e. The van der Waals surface area contributed by atoms with Crippen LogP contribution in [0, 0.1) is 6.92 Å². The van der Waals surface area contributed by atoms with E-state index in [-0.39, 0.29) is 15.5 Å². The molecule has 0 fully saturated rings. The van der Waals surface area contributed by atoms with Crippen molar-refractivity contribution in [1.29, 1.82) is 0 Å². The first-order valence-electron chi connectivity index (χ1n) is 6.92. The molecule has 0 saturated heterocycles. The number of nitrogens with zero attached hydrogens (tertiary/aromatic N) is 1. The molecule has 0 saturated carbocycles. The highest BCUT2D eigenvalue weighted by Crippen LogP contribution is 2.24. The van der Waals surface area contributed by atoms with Gasteiger partial charge in [-0.3, -0.25) is 4.79 Å². The van der Waals surface area contributed by atoms with Gasteiger partial charge in [-0.1, -0.05) is 27.5 Å². The average molecular weight is 432 g/mol. The van der Waals surface area contributed by atoms with Crippen molar-refractivity contribution in [3.05, 3.63) is 57.0 Å². The Labute approximate surface area is 154 Å². The minimum absolute atomic E-state index is 0.00837. The van der Waals surface area contributed by atoms with Gasteiger partial charge < -0.3 is 5.32 Å². The van der Waals surface area contributed by atoms with Crippen molar-refractivity contribution in [3.8, 4) is 0 Å². The Morgan fingerprint density at radius 1 is 1.17 bits per heavy atom. The van der Waals surface area contributed by atoms with Crippen molar-refractivity contribution >= 4 is 49.1 Å². The zero-order valence-corrected chi connectivity index (χ0v) is 16.5. The first kappa shape index (κ1) is 18.9. The van der Waals surface area contributed by atoms with Gasteiger partial charge in [0.25, 0.3) is 5.91 Å². The molecule has 0 aliphatic rings. The van der Waals surface area contributed by atoms with Crippen LogP contribution < -0.4 is 5.32 Å². The van der Waals surface area contributed by atoms with E-state index in [1.54, 1.807) is 12.1 Å². The summed E-state index contributed by atoms with van der Waals surface area (Å²) in [5.41, 5.74) is 1.65. The van der Waals surface area contributed by atoms with Crippen molar-refractivity contribution in [2.75, 3.05) is 19.4 Å². The summed E-state index contributed by atoms with van der Waals surface area (Å²) < 4.78 is 26.4. The van der Waals surface area contributed by atoms with Gasteiger partial charge in [-0.2, -0.15) is 0 Å². The molecule has 0 heterocycles. The molecule has 8 heteroatoms. The van der Waals surface area contributed by atoms with Crippen LogP contribution in [-0.2, 0) is 10.0 Å². The second-order valence-corrected chi connectivity index (χ2v) is 8.76. The van der Waals surface area contributed by atoms with Crippen LogP contribution in [-0.4, -0.2) is 32.7 Å². The summed E-state index contributed by atoms with van der Waals surface area (Å²) >= 11 is 9.46. The number of nitrogens with one attached hydrogen (secondary N) is 1. The van der Waals surface area contributed by atoms with E-state index in [0.717, 1.165) is 14.3 Å². The number of carbonyl (C=O) groups excluding carboxylic acids is 1. The molecule has 0 aliphatic carbocycles. The van der Waals surface area contributed by atoms with E-state index in [9.17, 15) is 13.2 Å².